The van der Waals surface area contributed by atoms with E-state index in [1.165, 1.54) is 5.56 Å². The summed E-state index contributed by atoms with van der Waals surface area (Å²) in [5, 5.41) is 7.93. The van der Waals surface area contributed by atoms with Crippen molar-refractivity contribution in [2.24, 2.45) is 0 Å². The van der Waals surface area contributed by atoms with Crippen LogP contribution < -0.4 is 10.2 Å². The van der Waals surface area contributed by atoms with Gasteiger partial charge in [-0.3, -0.25) is 9.58 Å². The Balaban J connectivity index is 1.69. The van der Waals surface area contributed by atoms with Crippen molar-refractivity contribution in [3.05, 3.63) is 113 Å². The van der Waals surface area contributed by atoms with E-state index in [2.05, 4.69) is 88.4 Å². The van der Waals surface area contributed by atoms with Crippen molar-refractivity contribution in [2.45, 2.75) is 72.4 Å². The number of carbonyl (C=O) groups excluding carboxylic acids is 1. The molecular formula is C33H40N4O. The lowest BCUT2D eigenvalue weighted by Gasteiger charge is -2.28. The van der Waals surface area contributed by atoms with E-state index in [1.807, 2.05) is 58.4 Å². The van der Waals surface area contributed by atoms with Gasteiger partial charge in [0.2, 0.25) is 0 Å². The average molecular weight is 509 g/mol. The molecule has 0 atom stereocenters. The highest BCUT2D eigenvalue weighted by molar-refractivity contribution is 6.03. The highest BCUT2D eigenvalue weighted by atomic mass is 16.2. The second kappa shape index (κ2) is 12.1. The fraction of sp³-hybridized carbons (Fsp3) is 0.333. The van der Waals surface area contributed by atoms with Crippen LogP contribution in [0.1, 0.15) is 87.1 Å². The van der Waals surface area contributed by atoms with Crippen molar-refractivity contribution in [1.29, 1.82) is 0 Å². The zero-order valence-corrected chi connectivity index (χ0v) is 23.5. The largest absolute Gasteiger partial charge is 0.326 e. The summed E-state index contributed by atoms with van der Waals surface area (Å²) in [5.74, 6) is 0.852. The number of hydrogen-bond acceptors (Lipinski definition) is 2. The number of aromatic nitrogens is 2. The minimum Gasteiger partial charge on any atom is -0.307 e. The summed E-state index contributed by atoms with van der Waals surface area (Å²) in [5.41, 5.74) is 7.46. The van der Waals surface area contributed by atoms with Gasteiger partial charge in [-0.25, -0.2) is 4.79 Å². The van der Waals surface area contributed by atoms with Gasteiger partial charge >= 0.3 is 6.03 Å². The van der Waals surface area contributed by atoms with Crippen molar-refractivity contribution in [1.82, 2.24) is 9.78 Å². The highest BCUT2D eigenvalue weighted by Gasteiger charge is 2.24. The number of benzene rings is 3. The Kier molecular flexibility index (Phi) is 8.67. The van der Waals surface area contributed by atoms with Gasteiger partial charge in [-0.1, -0.05) is 108 Å². The summed E-state index contributed by atoms with van der Waals surface area (Å²) < 4.78 is 1.93. The third-order valence-corrected chi connectivity index (χ3v) is 6.91. The number of amides is 2. The molecule has 5 nitrogen and oxygen atoms in total. The topological polar surface area (TPSA) is 50.2 Å². The number of hydrogen-bond donors (Lipinski definition) is 1. The summed E-state index contributed by atoms with van der Waals surface area (Å²) in [7, 11) is 0. The molecule has 0 saturated carbocycles. The zero-order chi connectivity index (χ0) is 27.2. The lowest BCUT2D eigenvalue weighted by atomic mass is 9.92. The van der Waals surface area contributed by atoms with E-state index in [9.17, 15) is 4.79 Å². The Morgan fingerprint density at radius 1 is 0.763 bits per heavy atom. The summed E-state index contributed by atoms with van der Waals surface area (Å²) in [4.78, 5) is 16.0. The van der Waals surface area contributed by atoms with E-state index in [0.717, 1.165) is 33.6 Å². The molecular weight excluding hydrogens is 468 g/mol. The van der Waals surface area contributed by atoms with Crippen LogP contribution in [0.2, 0.25) is 0 Å². The molecule has 1 aromatic heterocycles. The molecule has 4 aromatic rings. The number of urea groups is 1. The fourth-order valence-corrected chi connectivity index (χ4v) is 4.89. The van der Waals surface area contributed by atoms with Crippen LogP contribution in [0.5, 0.6) is 0 Å². The third kappa shape index (κ3) is 6.34. The maximum Gasteiger partial charge on any atom is 0.326 e. The summed E-state index contributed by atoms with van der Waals surface area (Å²) in [6, 6.07) is 24.7. The molecule has 0 fully saturated rings. The van der Waals surface area contributed by atoms with Crippen LogP contribution in [0.25, 0.3) is 0 Å². The molecule has 38 heavy (non-hydrogen) atoms. The lowest BCUT2D eigenvalue weighted by Crippen LogP contribution is -2.36. The van der Waals surface area contributed by atoms with Gasteiger partial charge in [0.25, 0.3) is 0 Å². The number of nitrogens with one attached hydrogen (secondary N) is 1. The first-order valence-electron chi connectivity index (χ1n) is 13.6. The molecule has 5 heteroatoms. The normalized spacial score (nSPS) is 11.4. The maximum atomic E-state index is 14.1. The van der Waals surface area contributed by atoms with Crippen molar-refractivity contribution in [3.63, 3.8) is 0 Å². The van der Waals surface area contributed by atoms with E-state index in [4.69, 9.17) is 0 Å². The Morgan fingerprint density at radius 2 is 1.34 bits per heavy atom. The van der Waals surface area contributed by atoms with Gasteiger partial charge in [-0.15, -0.1) is 0 Å². The van der Waals surface area contributed by atoms with E-state index in [1.54, 1.807) is 0 Å². The van der Waals surface area contributed by atoms with Crippen LogP contribution in [0.3, 0.4) is 0 Å². The van der Waals surface area contributed by atoms with E-state index in [0.29, 0.717) is 13.1 Å². The number of anilines is 2. The third-order valence-electron chi connectivity index (χ3n) is 6.91. The Hall–Kier alpha value is -3.86. The molecule has 0 bridgehead atoms. The van der Waals surface area contributed by atoms with E-state index >= 15 is 0 Å². The minimum absolute atomic E-state index is 0.135. The SMILES string of the molecule is CC(C)c1ccccc1N(Cc1cnn(Cc2ccccc2)c1)C(=O)Nc1c(C(C)C)cccc1C(C)C. The van der Waals surface area contributed by atoms with Gasteiger partial charge < -0.3 is 5.32 Å². The second-order valence-electron chi connectivity index (χ2n) is 10.9. The molecule has 0 aliphatic carbocycles. The summed E-state index contributed by atoms with van der Waals surface area (Å²) >= 11 is 0. The first-order chi connectivity index (χ1) is 18.2. The second-order valence-corrected chi connectivity index (χ2v) is 10.9. The molecule has 2 amide bonds. The van der Waals surface area contributed by atoms with Crippen molar-refractivity contribution < 1.29 is 4.79 Å². The van der Waals surface area contributed by atoms with Crippen LogP contribution in [-0.2, 0) is 13.1 Å². The van der Waals surface area contributed by atoms with Crippen LogP contribution in [0.15, 0.2) is 85.2 Å². The predicted molar refractivity (Wildman–Crippen MR) is 158 cm³/mol. The van der Waals surface area contributed by atoms with Crippen molar-refractivity contribution in [2.75, 3.05) is 10.2 Å². The van der Waals surface area contributed by atoms with Gasteiger partial charge in [0, 0.05) is 23.1 Å². The van der Waals surface area contributed by atoms with Gasteiger partial charge in [0.05, 0.1) is 19.3 Å². The van der Waals surface area contributed by atoms with E-state index < -0.39 is 0 Å². The number of carbonyl (C=O) groups is 1. The fourth-order valence-electron chi connectivity index (χ4n) is 4.89. The smallest absolute Gasteiger partial charge is 0.307 e. The molecule has 1 heterocycles. The minimum atomic E-state index is -0.135. The predicted octanol–water partition coefficient (Wildman–Crippen LogP) is 8.54. The van der Waals surface area contributed by atoms with Crippen molar-refractivity contribution in [3.8, 4) is 0 Å². The van der Waals surface area contributed by atoms with Gasteiger partial charge in [-0.05, 0) is 46.1 Å². The molecule has 0 unspecified atom stereocenters. The number of nitrogens with zero attached hydrogens (tertiary/aromatic N) is 3. The quantitative estimate of drug-likeness (QED) is 0.246. The maximum absolute atomic E-state index is 14.1. The molecule has 0 saturated heterocycles. The van der Waals surface area contributed by atoms with Gasteiger partial charge in [0.1, 0.15) is 0 Å². The number of para-hydroxylation sites is 2. The Labute approximate surface area is 227 Å². The van der Waals surface area contributed by atoms with Crippen LogP contribution in [-0.4, -0.2) is 15.8 Å². The molecule has 198 valence electrons. The Bertz CT molecular complexity index is 1330. The average Bonchev–Trinajstić information content (AvgIpc) is 3.34. The van der Waals surface area contributed by atoms with Gasteiger partial charge in [0.15, 0.2) is 0 Å². The highest BCUT2D eigenvalue weighted by Crippen LogP contribution is 2.34. The lowest BCUT2D eigenvalue weighted by molar-refractivity contribution is 0.256. The molecule has 1 N–H and O–H groups in total. The molecule has 4 rings (SSSR count). The molecule has 0 aliphatic heterocycles. The van der Waals surface area contributed by atoms with Crippen LogP contribution in [0.4, 0.5) is 16.2 Å². The molecule has 0 aliphatic rings. The standard InChI is InChI=1S/C33H40N4O/c1-23(2)28-15-10-11-18-31(28)37(22-27-19-34-36(21-27)20-26-13-8-7-9-14-26)33(38)35-32-29(24(3)4)16-12-17-30(32)25(5)6/h7-19,21,23-25H,20,22H2,1-6H3,(H,35,38). The van der Waals surface area contributed by atoms with Crippen molar-refractivity contribution >= 4 is 17.4 Å². The molecule has 3 aromatic carbocycles. The van der Waals surface area contributed by atoms with Gasteiger partial charge in [-0.2, -0.15) is 5.10 Å². The molecule has 0 spiro atoms. The van der Waals surface area contributed by atoms with Crippen LogP contribution >= 0.6 is 0 Å². The Morgan fingerprint density at radius 3 is 1.97 bits per heavy atom. The first kappa shape index (κ1) is 27.2. The summed E-state index contributed by atoms with van der Waals surface area (Å²) in [6.07, 6.45) is 3.90. The summed E-state index contributed by atoms with van der Waals surface area (Å²) in [6.45, 7) is 14.1. The number of rotatable bonds is 9. The first-order valence-corrected chi connectivity index (χ1v) is 13.6. The molecule has 0 radical (unpaired) electrons. The zero-order valence-electron chi connectivity index (χ0n) is 23.5. The monoisotopic (exact) mass is 508 g/mol. The van der Waals surface area contributed by atoms with E-state index in [-0.39, 0.29) is 23.8 Å². The van der Waals surface area contributed by atoms with Crippen LogP contribution in [0, 0.1) is 0 Å².